The van der Waals surface area contributed by atoms with E-state index in [4.69, 9.17) is 11.2 Å². The molecule has 17 heavy (non-hydrogen) atoms. The summed E-state index contributed by atoms with van der Waals surface area (Å²) in [6.45, 7) is 4.36. The Balaban J connectivity index is 2.02. The van der Waals surface area contributed by atoms with Gasteiger partial charge in [-0.15, -0.1) is 6.42 Å². The Morgan fingerprint density at radius 2 is 2.41 bits per heavy atom. The monoisotopic (exact) mass is 236 g/mol. The number of carbonyl (C=O) groups is 1. The quantitative estimate of drug-likeness (QED) is 0.553. The van der Waals surface area contributed by atoms with Gasteiger partial charge < -0.3 is 4.74 Å². The van der Waals surface area contributed by atoms with E-state index in [0.29, 0.717) is 19.2 Å². The van der Waals surface area contributed by atoms with Crippen molar-refractivity contribution < 1.29 is 9.53 Å². The maximum Gasteiger partial charge on any atom is 0.327 e. The Morgan fingerprint density at radius 1 is 1.65 bits per heavy atom. The lowest BCUT2D eigenvalue weighted by Gasteiger charge is -2.27. The number of terminal acetylenes is 1. The first-order valence-electron chi connectivity index (χ1n) is 6.31. The Kier molecular flexibility index (Phi) is 3.70. The molecule has 0 aromatic heterocycles. The molecule has 94 valence electrons. The van der Waals surface area contributed by atoms with Gasteiger partial charge >= 0.3 is 5.97 Å². The molecule has 0 amide bonds. The lowest BCUT2D eigenvalue weighted by Crippen LogP contribution is -2.55. The molecule has 1 unspecified atom stereocenters. The van der Waals surface area contributed by atoms with E-state index in [-0.39, 0.29) is 5.97 Å². The van der Waals surface area contributed by atoms with Gasteiger partial charge in [0.1, 0.15) is 5.54 Å². The van der Waals surface area contributed by atoms with Crippen molar-refractivity contribution in [3.63, 3.8) is 0 Å². The minimum absolute atomic E-state index is 0.154. The van der Waals surface area contributed by atoms with Crippen LogP contribution in [0.2, 0.25) is 0 Å². The van der Waals surface area contributed by atoms with Gasteiger partial charge in [0.15, 0.2) is 0 Å². The van der Waals surface area contributed by atoms with Crippen molar-refractivity contribution in [2.45, 2.75) is 37.8 Å². The minimum Gasteiger partial charge on any atom is -0.465 e. The van der Waals surface area contributed by atoms with Crippen LogP contribution in [0.4, 0.5) is 0 Å². The predicted molar refractivity (Wildman–Crippen MR) is 65.4 cm³/mol. The maximum atomic E-state index is 12.1. The van der Waals surface area contributed by atoms with Crippen LogP contribution < -0.4 is 5.32 Å². The molecule has 0 bridgehead atoms. The number of hydrogen-bond acceptors (Lipinski definition) is 4. The van der Waals surface area contributed by atoms with Crippen LogP contribution in [-0.2, 0) is 9.53 Å². The largest absolute Gasteiger partial charge is 0.465 e. The van der Waals surface area contributed by atoms with Crippen molar-refractivity contribution in [1.29, 1.82) is 0 Å². The molecule has 2 fully saturated rings. The third kappa shape index (κ3) is 2.62. The number of hydrogen-bond donors (Lipinski definition) is 1. The first-order chi connectivity index (χ1) is 8.22. The van der Waals surface area contributed by atoms with Crippen LogP contribution in [0.25, 0.3) is 0 Å². The molecular weight excluding hydrogens is 216 g/mol. The number of esters is 1. The number of ether oxygens (including phenoxy) is 1. The molecule has 1 saturated carbocycles. The van der Waals surface area contributed by atoms with Crippen LogP contribution >= 0.6 is 0 Å². The molecule has 1 aliphatic carbocycles. The maximum absolute atomic E-state index is 12.1. The topological polar surface area (TPSA) is 41.6 Å². The molecule has 0 aromatic carbocycles. The second-order valence-corrected chi connectivity index (χ2v) is 4.81. The summed E-state index contributed by atoms with van der Waals surface area (Å²) < 4.78 is 5.18. The molecule has 2 rings (SSSR count). The van der Waals surface area contributed by atoms with Crippen molar-refractivity contribution in [1.82, 2.24) is 10.2 Å². The SMILES string of the molecule is C#CCNC1(C(=O)OCC)CCN(C2CC2)C1. The lowest BCUT2D eigenvalue weighted by atomic mass is 9.99. The summed E-state index contributed by atoms with van der Waals surface area (Å²) in [7, 11) is 0. The summed E-state index contributed by atoms with van der Waals surface area (Å²) in [4.78, 5) is 14.5. The third-order valence-electron chi connectivity index (χ3n) is 3.56. The van der Waals surface area contributed by atoms with Gasteiger partial charge in [0.05, 0.1) is 13.2 Å². The third-order valence-corrected chi connectivity index (χ3v) is 3.56. The van der Waals surface area contributed by atoms with Gasteiger partial charge in [-0.2, -0.15) is 0 Å². The van der Waals surface area contributed by atoms with Gasteiger partial charge in [0, 0.05) is 19.1 Å². The molecule has 1 atom stereocenters. The summed E-state index contributed by atoms with van der Waals surface area (Å²) in [5, 5.41) is 3.19. The Bertz CT molecular complexity index is 333. The Hall–Kier alpha value is -1.05. The van der Waals surface area contributed by atoms with Gasteiger partial charge in [0.25, 0.3) is 0 Å². The summed E-state index contributed by atoms with van der Waals surface area (Å²) in [5.74, 6) is 2.38. The number of nitrogens with one attached hydrogen (secondary N) is 1. The zero-order valence-electron chi connectivity index (χ0n) is 10.4. The van der Waals surface area contributed by atoms with Gasteiger partial charge in [-0.05, 0) is 26.2 Å². The van der Waals surface area contributed by atoms with E-state index in [1.165, 1.54) is 12.8 Å². The normalized spacial score (nSPS) is 28.9. The van der Waals surface area contributed by atoms with Crippen LogP contribution in [0.3, 0.4) is 0 Å². The van der Waals surface area contributed by atoms with Crippen LogP contribution in [0.5, 0.6) is 0 Å². The zero-order valence-corrected chi connectivity index (χ0v) is 10.4. The molecule has 1 heterocycles. The van der Waals surface area contributed by atoms with Crippen molar-refractivity contribution in [3.8, 4) is 12.3 Å². The minimum atomic E-state index is -0.578. The first-order valence-corrected chi connectivity index (χ1v) is 6.31. The number of likely N-dealkylation sites (tertiary alicyclic amines) is 1. The average Bonchev–Trinajstić information content (AvgIpc) is 3.08. The van der Waals surface area contributed by atoms with Gasteiger partial charge in [-0.3, -0.25) is 10.2 Å². The van der Waals surface area contributed by atoms with Crippen LogP contribution in [0.1, 0.15) is 26.2 Å². The van der Waals surface area contributed by atoms with E-state index >= 15 is 0 Å². The van der Waals surface area contributed by atoms with Gasteiger partial charge in [-0.25, -0.2) is 4.79 Å². The zero-order chi connectivity index (χ0) is 12.3. The molecule has 1 N–H and O–H groups in total. The molecule has 0 aromatic rings. The second kappa shape index (κ2) is 5.07. The molecule has 2 aliphatic rings. The summed E-state index contributed by atoms with van der Waals surface area (Å²) in [6.07, 6.45) is 8.58. The molecule has 4 nitrogen and oxygen atoms in total. The van der Waals surface area contributed by atoms with Crippen LogP contribution in [-0.4, -0.2) is 48.7 Å². The number of rotatable bonds is 5. The van der Waals surface area contributed by atoms with E-state index in [1.807, 2.05) is 6.92 Å². The standard InChI is InChI=1S/C13H20N2O2/c1-3-8-14-13(12(16)17-4-2)7-9-15(10-13)11-5-6-11/h1,11,14H,4-10H2,2H3. The number of carbonyl (C=O) groups excluding carboxylic acids is 1. The Labute approximate surface area is 103 Å². The van der Waals surface area contributed by atoms with E-state index < -0.39 is 5.54 Å². The van der Waals surface area contributed by atoms with Crippen molar-refractivity contribution in [2.75, 3.05) is 26.2 Å². The summed E-state index contributed by atoms with van der Waals surface area (Å²) in [6, 6.07) is 0.680. The lowest BCUT2D eigenvalue weighted by molar-refractivity contribution is -0.150. The van der Waals surface area contributed by atoms with Crippen LogP contribution in [0, 0.1) is 12.3 Å². The smallest absolute Gasteiger partial charge is 0.327 e. The summed E-state index contributed by atoms with van der Waals surface area (Å²) >= 11 is 0. The number of nitrogens with zero attached hydrogens (tertiary/aromatic N) is 1. The van der Waals surface area contributed by atoms with E-state index in [1.54, 1.807) is 0 Å². The molecule has 0 spiro atoms. The highest BCUT2D eigenvalue weighted by Crippen LogP contribution is 2.33. The fourth-order valence-corrected chi connectivity index (χ4v) is 2.46. The molecule has 1 saturated heterocycles. The van der Waals surface area contributed by atoms with Crippen molar-refractivity contribution in [3.05, 3.63) is 0 Å². The van der Waals surface area contributed by atoms with Gasteiger partial charge in [-0.1, -0.05) is 5.92 Å². The highest BCUT2D eigenvalue weighted by molar-refractivity contribution is 5.81. The molecule has 4 heteroatoms. The van der Waals surface area contributed by atoms with Crippen LogP contribution in [0.15, 0.2) is 0 Å². The first kappa shape index (κ1) is 12.4. The summed E-state index contributed by atoms with van der Waals surface area (Å²) in [5.41, 5.74) is -0.578. The van der Waals surface area contributed by atoms with E-state index in [0.717, 1.165) is 19.5 Å². The Morgan fingerprint density at radius 3 is 3.00 bits per heavy atom. The van der Waals surface area contributed by atoms with E-state index in [9.17, 15) is 4.79 Å². The van der Waals surface area contributed by atoms with Crippen molar-refractivity contribution >= 4 is 5.97 Å². The second-order valence-electron chi connectivity index (χ2n) is 4.81. The van der Waals surface area contributed by atoms with Crippen molar-refractivity contribution in [2.24, 2.45) is 0 Å². The van der Waals surface area contributed by atoms with E-state index in [2.05, 4.69) is 16.1 Å². The molecule has 1 aliphatic heterocycles. The van der Waals surface area contributed by atoms with Gasteiger partial charge in [0.2, 0.25) is 0 Å². The predicted octanol–water partition coefficient (Wildman–Crippen LogP) is 0.379. The fraction of sp³-hybridized carbons (Fsp3) is 0.769. The highest BCUT2D eigenvalue weighted by Gasteiger charge is 2.48. The fourth-order valence-electron chi connectivity index (χ4n) is 2.46. The molecular formula is C13H20N2O2. The molecule has 0 radical (unpaired) electrons. The highest BCUT2D eigenvalue weighted by atomic mass is 16.5. The average molecular weight is 236 g/mol.